The first-order valence-electron chi connectivity index (χ1n) is 8.57. The molecule has 0 radical (unpaired) electrons. The van der Waals surface area contributed by atoms with E-state index >= 15 is 0 Å². The van der Waals surface area contributed by atoms with Crippen molar-refractivity contribution in [2.75, 3.05) is 19.7 Å². The number of hydrogen-bond acceptors (Lipinski definition) is 4. The van der Waals surface area contributed by atoms with Crippen LogP contribution in [0.2, 0.25) is 0 Å². The number of rotatable bonds is 10. The van der Waals surface area contributed by atoms with Gasteiger partial charge in [0.25, 0.3) is 5.91 Å². The number of esters is 1. The number of hydrogen-bond donors (Lipinski definition) is 0. The molecule has 0 unspecified atom stereocenters. The highest BCUT2D eigenvalue weighted by atomic mass is 16.5. The highest BCUT2D eigenvalue weighted by Crippen LogP contribution is 2.12. The maximum Gasteiger partial charge on any atom is 0.338 e. The fourth-order valence-corrected chi connectivity index (χ4v) is 2.31. The van der Waals surface area contributed by atoms with E-state index in [9.17, 15) is 9.59 Å². The van der Waals surface area contributed by atoms with Gasteiger partial charge in [-0.2, -0.15) is 0 Å². The van der Waals surface area contributed by atoms with Crippen LogP contribution >= 0.6 is 0 Å². The van der Waals surface area contributed by atoms with Gasteiger partial charge < -0.3 is 14.4 Å². The van der Waals surface area contributed by atoms with Crippen LogP contribution in [0.5, 0.6) is 5.75 Å². The van der Waals surface area contributed by atoms with E-state index in [1.54, 1.807) is 36.4 Å². The molecule has 0 aromatic heterocycles. The topological polar surface area (TPSA) is 55.8 Å². The number of carbonyl (C=O) groups excluding carboxylic acids is 2. The standard InChI is InChI=1S/C22H23NO4/c1-3-14-23(15-4-2)21(24)17-27-22(25)19-12-10-18(11-13-19)16-26-20-8-6-5-7-9-20/h3-13H,1-2,14-17H2. The Bertz CT molecular complexity index is 759. The van der Waals surface area contributed by atoms with Crippen molar-refractivity contribution >= 4 is 11.9 Å². The number of benzene rings is 2. The maximum absolute atomic E-state index is 12.1. The quantitative estimate of drug-likeness (QED) is 0.477. The van der Waals surface area contributed by atoms with E-state index in [4.69, 9.17) is 9.47 Å². The largest absolute Gasteiger partial charge is 0.489 e. The highest BCUT2D eigenvalue weighted by molar-refractivity contribution is 5.91. The van der Waals surface area contributed by atoms with Crippen molar-refractivity contribution in [2.45, 2.75) is 6.61 Å². The maximum atomic E-state index is 12.1. The second kappa shape index (κ2) is 10.6. The molecule has 27 heavy (non-hydrogen) atoms. The highest BCUT2D eigenvalue weighted by Gasteiger charge is 2.14. The van der Waals surface area contributed by atoms with Gasteiger partial charge in [-0.05, 0) is 29.8 Å². The lowest BCUT2D eigenvalue weighted by Crippen LogP contribution is -2.35. The monoisotopic (exact) mass is 365 g/mol. The van der Waals surface area contributed by atoms with Gasteiger partial charge >= 0.3 is 5.97 Å². The lowest BCUT2D eigenvalue weighted by molar-refractivity contribution is -0.133. The van der Waals surface area contributed by atoms with Gasteiger partial charge in [0.05, 0.1) is 5.56 Å². The predicted molar refractivity (Wildman–Crippen MR) is 104 cm³/mol. The van der Waals surface area contributed by atoms with E-state index in [0.29, 0.717) is 25.3 Å². The second-order valence-electron chi connectivity index (χ2n) is 5.75. The first-order valence-corrected chi connectivity index (χ1v) is 8.57. The fourth-order valence-electron chi connectivity index (χ4n) is 2.31. The van der Waals surface area contributed by atoms with Crippen molar-refractivity contribution in [2.24, 2.45) is 0 Å². The molecule has 0 spiro atoms. The summed E-state index contributed by atoms with van der Waals surface area (Å²) >= 11 is 0. The molecule has 140 valence electrons. The molecule has 0 atom stereocenters. The second-order valence-corrected chi connectivity index (χ2v) is 5.75. The third-order valence-corrected chi connectivity index (χ3v) is 3.72. The minimum Gasteiger partial charge on any atom is -0.489 e. The summed E-state index contributed by atoms with van der Waals surface area (Å²) in [5, 5.41) is 0. The van der Waals surface area contributed by atoms with Crippen LogP contribution in [0.1, 0.15) is 15.9 Å². The Kier molecular flexibility index (Phi) is 7.85. The Hall–Kier alpha value is -3.34. The molecule has 0 fully saturated rings. The Labute approximate surface area is 159 Å². The van der Waals surface area contributed by atoms with E-state index in [2.05, 4.69) is 13.2 Å². The van der Waals surface area contributed by atoms with Gasteiger partial charge in [-0.3, -0.25) is 4.79 Å². The van der Waals surface area contributed by atoms with Crippen molar-refractivity contribution in [3.8, 4) is 5.75 Å². The third kappa shape index (κ3) is 6.47. The molecule has 2 rings (SSSR count). The molecule has 0 N–H and O–H groups in total. The van der Waals surface area contributed by atoms with Gasteiger partial charge in [0.2, 0.25) is 0 Å². The molecule has 1 amide bonds. The molecule has 0 heterocycles. The minimum atomic E-state index is -0.545. The Morgan fingerprint density at radius 2 is 1.56 bits per heavy atom. The molecule has 5 nitrogen and oxygen atoms in total. The van der Waals surface area contributed by atoms with E-state index < -0.39 is 5.97 Å². The summed E-state index contributed by atoms with van der Waals surface area (Å²) in [7, 11) is 0. The third-order valence-electron chi connectivity index (χ3n) is 3.72. The van der Waals surface area contributed by atoms with Crippen molar-refractivity contribution in [3.63, 3.8) is 0 Å². The molecule has 0 saturated heterocycles. The Morgan fingerprint density at radius 3 is 2.15 bits per heavy atom. The summed E-state index contributed by atoms with van der Waals surface area (Å²) in [6.07, 6.45) is 3.22. The SMILES string of the molecule is C=CCN(CC=C)C(=O)COC(=O)c1ccc(COc2ccccc2)cc1. The van der Waals surface area contributed by atoms with E-state index in [-0.39, 0.29) is 12.5 Å². The van der Waals surface area contributed by atoms with Crippen LogP contribution in [-0.2, 0) is 16.1 Å². The predicted octanol–water partition coefficient (Wildman–Crippen LogP) is 3.62. The zero-order valence-electron chi connectivity index (χ0n) is 15.2. The average Bonchev–Trinajstić information content (AvgIpc) is 2.71. The van der Waals surface area contributed by atoms with Gasteiger partial charge in [-0.15, -0.1) is 13.2 Å². The number of amides is 1. The molecule has 5 heteroatoms. The van der Waals surface area contributed by atoms with E-state index in [1.165, 1.54) is 4.90 Å². The molecule has 2 aromatic carbocycles. The summed E-state index contributed by atoms with van der Waals surface area (Å²) in [6.45, 7) is 8.03. The molecule has 0 saturated carbocycles. The molecule has 0 aliphatic heterocycles. The molecule has 0 aliphatic rings. The van der Waals surface area contributed by atoms with E-state index in [1.807, 2.05) is 30.3 Å². The number of carbonyl (C=O) groups is 2. The first kappa shape index (κ1) is 20.0. The van der Waals surface area contributed by atoms with Gasteiger partial charge in [-0.25, -0.2) is 4.79 Å². The van der Waals surface area contributed by atoms with Gasteiger partial charge in [-0.1, -0.05) is 42.5 Å². The molecule has 2 aromatic rings. The van der Waals surface area contributed by atoms with Crippen LogP contribution in [0.4, 0.5) is 0 Å². The lowest BCUT2D eigenvalue weighted by atomic mass is 10.1. The Balaban J connectivity index is 1.84. The van der Waals surface area contributed by atoms with Crippen LogP contribution in [0.25, 0.3) is 0 Å². The lowest BCUT2D eigenvalue weighted by Gasteiger charge is -2.18. The minimum absolute atomic E-state index is 0.295. The Morgan fingerprint density at radius 1 is 0.926 bits per heavy atom. The normalized spacial score (nSPS) is 9.93. The smallest absolute Gasteiger partial charge is 0.338 e. The van der Waals surface area contributed by atoms with Crippen LogP contribution in [-0.4, -0.2) is 36.5 Å². The molecule has 0 bridgehead atoms. The van der Waals surface area contributed by atoms with Crippen molar-refractivity contribution < 1.29 is 19.1 Å². The molecular formula is C22H23NO4. The number of para-hydroxylation sites is 1. The summed E-state index contributed by atoms with van der Waals surface area (Å²) in [6, 6.07) is 16.4. The summed E-state index contributed by atoms with van der Waals surface area (Å²) in [5.74, 6) is -0.0600. The van der Waals surface area contributed by atoms with Crippen LogP contribution < -0.4 is 4.74 Å². The van der Waals surface area contributed by atoms with Crippen molar-refractivity contribution in [3.05, 3.63) is 91.0 Å². The van der Waals surface area contributed by atoms with Crippen molar-refractivity contribution in [1.82, 2.24) is 4.90 Å². The molecule has 0 aliphatic carbocycles. The summed E-state index contributed by atoms with van der Waals surface area (Å²) in [5.41, 5.74) is 1.31. The fraction of sp³-hybridized carbons (Fsp3) is 0.182. The van der Waals surface area contributed by atoms with Gasteiger partial charge in [0.1, 0.15) is 12.4 Å². The van der Waals surface area contributed by atoms with Crippen LogP contribution in [0, 0.1) is 0 Å². The zero-order valence-corrected chi connectivity index (χ0v) is 15.2. The van der Waals surface area contributed by atoms with Crippen LogP contribution in [0.15, 0.2) is 79.9 Å². The zero-order chi connectivity index (χ0) is 19.5. The summed E-state index contributed by atoms with van der Waals surface area (Å²) in [4.78, 5) is 25.7. The number of nitrogens with zero attached hydrogens (tertiary/aromatic N) is 1. The van der Waals surface area contributed by atoms with Crippen molar-refractivity contribution in [1.29, 1.82) is 0 Å². The summed E-state index contributed by atoms with van der Waals surface area (Å²) < 4.78 is 10.8. The first-order chi connectivity index (χ1) is 13.1. The average molecular weight is 365 g/mol. The van der Waals surface area contributed by atoms with Gasteiger partial charge in [0, 0.05) is 13.1 Å². The van der Waals surface area contributed by atoms with Gasteiger partial charge in [0.15, 0.2) is 6.61 Å². The van der Waals surface area contributed by atoms with Crippen LogP contribution in [0.3, 0.4) is 0 Å². The van der Waals surface area contributed by atoms with E-state index in [0.717, 1.165) is 11.3 Å². The molecular weight excluding hydrogens is 342 g/mol. The number of ether oxygens (including phenoxy) is 2.